The Kier molecular flexibility index (Phi) is 9.94. The standard InChI is InChI=1S/C32H42N2O3S/c35-27(11-3-9-21-33-17-5-1-6-18-33)25-14-16-31-30(23-25)37-29-15-13-26(24-32(29)38-31)28(36)12-4-10-22-34-19-7-2-8-20-34/h13-16,23-24H,1-12,17-22H2. The molecule has 5 rings (SSSR count). The van der Waals surface area contributed by atoms with E-state index < -0.39 is 0 Å². The molecule has 38 heavy (non-hydrogen) atoms. The van der Waals surface area contributed by atoms with Crippen molar-refractivity contribution in [2.24, 2.45) is 0 Å². The van der Waals surface area contributed by atoms with Gasteiger partial charge in [-0.3, -0.25) is 9.59 Å². The van der Waals surface area contributed by atoms with E-state index in [1.165, 1.54) is 64.7 Å². The van der Waals surface area contributed by atoms with Crippen LogP contribution in [0.5, 0.6) is 11.5 Å². The van der Waals surface area contributed by atoms with Crippen molar-refractivity contribution in [1.82, 2.24) is 9.80 Å². The van der Waals surface area contributed by atoms with Gasteiger partial charge in [0.2, 0.25) is 0 Å². The van der Waals surface area contributed by atoms with E-state index in [1.54, 1.807) is 11.8 Å². The molecule has 0 spiro atoms. The summed E-state index contributed by atoms with van der Waals surface area (Å²) in [6.45, 7) is 7.07. The summed E-state index contributed by atoms with van der Waals surface area (Å²) in [5, 5.41) is 0. The molecular weight excluding hydrogens is 492 g/mol. The van der Waals surface area contributed by atoms with Gasteiger partial charge in [-0.1, -0.05) is 30.7 Å². The fourth-order valence-corrected chi connectivity index (χ4v) is 6.80. The summed E-state index contributed by atoms with van der Waals surface area (Å²) in [6, 6.07) is 11.6. The van der Waals surface area contributed by atoms with Crippen LogP contribution in [0.4, 0.5) is 0 Å². The molecule has 2 aromatic carbocycles. The lowest BCUT2D eigenvalue weighted by atomic mass is 10.0. The summed E-state index contributed by atoms with van der Waals surface area (Å²) >= 11 is 1.62. The number of benzene rings is 2. The summed E-state index contributed by atoms with van der Waals surface area (Å²) in [6.07, 6.45) is 13.2. The zero-order chi connectivity index (χ0) is 26.2. The number of rotatable bonds is 12. The predicted molar refractivity (Wildman–Crippen MR) is 154 cm³/mol. The van der Waals surface area contributed by atoms with E-state index in [1.807, 2.05) is 36.4 Å². The maximum atomic E-state index is 12.8. The monoisotopic (exact) mass is 534 g/mol. The number of ketones is 2. The highest BCUT2D eigenvalue weighted by Gasteiger charge is 2.21. The van der Waals surface area contributed by atoms with Gasteiger partial charge in [0.05, 0.1) is 9.79 Å². The minimum absolute atomic E-state index is 0.187. The van der Waals surface area contributed by atoms with Gasteiger partial charge >= 0.3 is 0 Å². The van der Waals surface area contributed by atoms with E-state index in [4.69, 9.17) is 4.74 Å². The lowest BCUT2D eigenvalue weighted by Crippen LogP contribution is -2.30. The van der Waals surface area contributed by atoms with Gasteiger partial charge < -0.3 is 14.5 Å². The topological polar surface area (TPSA) is 49.9 Å². The Balaban J connectivity index is 1.09. The Morgan fingerprint density at radius 1 is 0.632 bits per heavy atom. The number of unbranched alkanes of at least 4 members (excludes halogenated alkanes) is 2. The largest absolute Gasteiger partial charge is 0.455 e. The SMILES string of the molecule is O=C(CCCCN1CCCCC1)c1ccc2c(c1)Oc1ccc(C(=O)CCCCN3CCCCC3)cc1S2. The molecule has 2 fully saturated rings. The van der Waals surface area contributed by atoms with Crippen LogP contribution in [-0.2, 0) is 0 Å². The van der Waals surface area contributed by atoms with Crippen molar-refractivity contribution in [2.75, 3.05) is 39.3 Å². The zero-order valence-electron chi connectivity index (χ0n) is 22.7. The molecular formula is C32H42N2O3S. The van der Waals surface area contributed by atoms with Crippen molar-refractivity contribution >= 4 is 23.3 Å². The highest BCUT2D eigenvalue weighted by atomic mass is 32.2. The second-order valence-electron chi connectivity index (χ2n) is 11.1. The second kappa shape index (κ2) is 13.8. The van der Waals surface area contributed by atoms with Crippen LogP contribution in [0.2, 0.25) is 0 Å². The Morgan fingerprint density at radius 2 is 1.18 bits per heavy atom. The van der Waals surface area contributed by atoms with Crippen LogP contribution < -0.4 is 4.74 Å². The van der Waals surface area contributed by atoms with Crippen LogP contribution in [0.3, 0.4) is 0 Å². The van der Waals surface area contributed by atoms with Gasteiger partial charge in [0.1, 0.15) is 11.5 Å². The Labute approximate surface area is 232 Å². The van der Waals surface area contributed by atoms with E-state index in [-0.39, 0.29) is 11.6 Å². The Morgan fingerprint density at radius 3 is 1.79 bits per heavy atom. The van der Waals surface area contributed by atoms with E-state index in [9.17, 15) is 9.59 Å². The summed E-state index contributed by atoms with van der Waals surface area (Å²) in [5.41, 5.74) is 1.49. The molecule has 3 aliphatic heterocycles. The molecule has 0 saturated carbocycles. The molecule has 0 aromatic heterocycles. The van der Waals surface area contributed by atoms with Crippen LogP contribution in [0.15, 0.2) is 46.2 Å². The van der Waals surface area contributed by atoms with Gasteiger partial charge in [-0.25, -0.2) is 0 Å². The summed E-state index contributed by atoms with van der Waals surface area (Å²) in [7, 11) is 0. The van der Waals surface area contributed by atoms with Crippen molar-refractivity contribution in [3.8, 4) is 11.5 Å². The maximum Gasteiger partial charge on any atom is 0.163 e. The number of carbonyl (C=O) groups excluding carboxylic acids is 2. The number of Topliss-reactive ketones (excluding diaryl/α,β-unsaturated/α-hetero) is 2. The molecule has 0 unspecified atom stereocenters. The minimum atomic E-state index is 0.187. The van der Waals surface area contributed by atoms with Crippen molar-refractivity contribution in [3.05, 3.63) is 47.5 Å². The number of ether oxygens (including phenoxy) is 1. The third kappa shape index (κ3) is 7.49. The number of hydrogen-bond acceptors (Lipinski definition) is 6. The first kappa shape index (κ1) is 27.4. The molecule has 2 aromatic rings. The molecule has 6 heteroatoms. The average Bonchev–Trinajstić information content (AvgIpc) is 2.96. The van der Waals surface area contributed by atoms with Crippen LogP contribution in [-0.4, -0.2) is 60.6 Å². The van der Waals surface area contributed by atoms with E-state index in [2.05, 4.69) is 9.80 Å². The van der Waals surface area contributed by atoms with Crippen molar-refractivity contribution < 1.29 is 14.3 Å². The quantitative estimate of drug-likeness (QED) is 0.176. The van der Waals surface area contributed by atoms with Gasteiger partial charge in [0.25, 0.3) is 0 Å². The number of fused-ring (bicyclic) bond motifs is 2. The van der Waals surface area contributed by atoms with Crippen LogP contribution in [0.25, 0.3) is 0 Å². The highest BCUT2D eigenvalue weighted by molar-refractivity contribution is 7.99. The Bertz CT molecular complexity index is 1020. The normalized spacial score (nSPS) is 17.9. The van der Waals surface area contributed by atoms with E-state index >= 15 is 0 Å². The summed E-state index contributed by atoms with van der Waals surface area (Å²) < 4.78 is 6.18. The maximum absolute atomic E-state index is 12.8. The third-order valence-corrected chi connectivity index (χ3v) is 9.22. The number of likely N-dealkylation sites (tertiary alicyclic amines) is 2. The van der Waals surface area contributed by atoms with E-state index in [0.29, 0.717) is 12.8 Å². The molecule has 0 atom stereocenters. The molecule has 0 aliphatic carbocycles. The van der Waals surface area contributed by atoms with Crippen molar-refractivity contribution in [3.63, 3.8) is 0 Å². The molecule has 0 bridgehead atoms. The van der Waals surface area contributed by atoms with Crippen molar-refractivity contribution in [1.29, 1.82) is 0 Å². The van der Waals surface area contributed by atoms with Crippen LogP contribution in [0.1, 0.15) is 97.8 Å². The molecule has 2 saturated heterocycles. The fourth-order valence-electron chi connectivity index (χ4n) is 5.82. The summed E-state index contributed by atoms with van der Waals surface area (Å²) in [4.78, 5) is 32.7. The first-order chi connectivity index (χ1) is 18.7. The fraction of sp³-hybridized carbons (Fsp3) is 0.562. The lowest BCUT2D eigenvalue weighted by molar-refractivity contribution is 0.0969. The molecule has 5 nitrogen and oxygen atoms in total. The Hall–Kier alpha value is -2.15. The zero-order valence-corrected chi connectivity index (χ0v) is 23.5. The second-order valence-corrected chi connectivity index (χ2v) is 12.2. The van der Waals surface area contributed by atoms with Crippen LogP contribution in [0, 0.1) is 0 Å². The molecule has 3 aliphatic rings. The van der Waals surface area contributed by atoms with Gasteiger partial charge in [0.15, 0.2) is 11.6 Å². The van der Waals surface area contributed by atoms with Crippen molar-refractivity contribution in [2.45, 2.75) is 86.8 Å². The van der Waals surface area contributed by atoms with Gasteiger partial charge in [-0.2, -0.15) is 0 Å². The van der Waals surface area contributed by atoms with Gasteiger partial charge in [0, 0.05) is 24.0 Å². The van der Waals surface area contributed by atoms with Crippen LogP contribution >= 0.6 is 11.8 Å². The number of piperidine rings is 2. The smallest absolute Gasteiger partial charge is 0.163 e. The number of nitrogens with zero attached hydrogens (tertiary/aromatic N) is 2. The highest BCUT2D eigenvalue weighted by Crippen LogP contribution is 2.47. The lowest BCUT2D eigenvalue weighted by Gasteiger charge is -2.26. The number of hydrogen-bond donors (Lipinski definition) is 0. The van der Waals surface area contributed by atoms with Gasteiger partial charge in [-0.15, -0.1) is 0 Å². The molecule has 0 amide bonds. The third-order valence-electron chi connectivity index (χ3n) is 8.12. The van der Waals surface area contributed by atoms with Gasteiger partial charge in [-0.05, 0) is 121 Å². The first-order valence-corrected chi connectivity index (χ1v) is 15.6. The molecule has 0 radical (unpaired) electrons. The molecule has 0 N–H and O–H groups in total. The summed E-state index contributed by atoms with van der Waals surface area (Å²) in [5.74, 6) is 1.89. The van der Waals surface area contributed by atoms with E-state index in [0.717, 1.165) is 71.2 Å². The predicted octanol–water partition coefficient (Wildman–Crippen LogP) is 7.62. The average molecular weight is 535 g/mol. The molecule has 3 heterocycles. The minimum Gasteiger partial charge on any atom is -0.455 e. The first-order valence-electron chi connectivity index (χ1n) is 14.8. The number of carbonyl (C=O) groups is 2. The molecule has 204 valence electrons.